The van der Waals surface area contributed by atoms with E-state index < -0.39 is 0 Å². The van der Waals surface area contributed by atoms with E-state index in [4.69, 9.17) is 0 Å². The second-order valence-corrected chi connectivity index (χ2v) is 11.4. The average Bonchev–Trinajstić information content (AvgIpc) is 3.50. The Bertz CT molecular complexity index is 2050. The van der Waals surface area contributed by atoms with Crippen LogP contribution in [0, 0.1) is 0 Å². The molecular weight excluding hydrogens is 544 g/mol. The van der Waals surface area contributed by atoms with Crippen LogP contribution in [-0.2, 0) is 6.42 Å². The fourth-order valence-electron chi connectivity index (χ4n) is 6.67. The molecule has 1 aliphatic carbocycles. The van der Waals surface area contributed by atoms with E-state index in [0.717, 1.165) is 40.5 Å². The number of fused-ring (bicyclic) bond motifs is 3. The molecule has 0 aromatic heterocycles. The standard InChI is InChI=1S/C43H32N2/c1-4-18-34(19-5-1)44(35-20-6-2-7-21-35)42-28-12-13-29-43(42)45(36-22-8-3-9-23-36)37-24-14-17-32(30-37)39-26-15-27-40-38-25-11-10-16-33(38)31-41(39)40/h1-30H,31H2. The Labute approximate surface area is 265 Å². The van der Waals surface area contributed by atoms with Crippen molar-refractivity contribution in [3.63, 3.8) is 0 Å². The van der Waals surface area contributed by atoms with Gasteiger partial charge in [-0.15, -0.1) is 0 Å². The highest BCUT2D eigenvalue weighted by molar-refractivity contribution is 5.92. The van der Waals surface area contributed by atoms with Crippen LogP contribution in [-0.4, -0.2) is 0 Å². The maximum absolute atomic E-state index is 2.38. The molecule has 45 heavy (non-hydrogen) atoms. The van der Waals surface area contributed by atoms with Gasteiger partial charge in [0, 0.05) is 22.7 Å². The fourth-order valence-corrected chi connectivity index (χ4v) is 6.67. The second kappa shape index (κ2) is 11.7. The summed E-state index contributed by atoms with van der Waals surface area (Å²) in [5, 5.41) is 0. The van der Waals surface area contributed by atoms with Crippen molar-refractivity contribution in [2.24, 2.45) is 0 Å². The van der Waals surface area contributed by atoms with Gasteiger partial charge in [-0.25, -0.2) is 0 Å². The van der Waals surface area contributed by atoms with Crippen molar-refractivity contribution in [1.29, 1.82) is 0 Å². The molecule has 0 saturated carbocycles. The largest absolute Gasteiger partial charge is 0.308 e. The third-order valence-corrected chi connectivity index (χ3v) is 8.67. The molecule has 0 spiro atoms. The molecule has 2 heteroatoms. The van der Waals surface area contributed by atoms with Crippen LogP contribution in [0.15, 0.2) is 182 Å². The van der Waals surface area contributed by atoms with Crippen molar-refractivity contribution in [3.8, 4) is 22.3 Å². The SMILES string of the molecule is c1ccc(N(c2ccccc2)c2ccccc2N(c2ccccc2)c2cccc(-c3cccc4c3Cc3ccccc3-4)c2)cc1. The molecule has 8 rings (SSSR count). The lowest BCUT2D eigenvalue weighted by atomic mass is 9.95. The van der Waals surface area contributed by atoms with Crippen LogP contribution < -0.4 is 9.80 Å². The van der Waals surface area contributed by atoms with Crippen molar-refractivity contribution in [2.45, 2.75) is 6.42 Å². The van der Waals surface area contributed by atoms with Gasteiger partial charge in [-0.1, -0.05) is 121 Å². The monoisotopic (exact) mass is 576 g/mol. The zero-order valence-corrected chi connectivity index (χ0v) is 24.9. The van der Waals surface area contributed by atoms with Crippen LogP contribution in [0.2, 0.25) is 0 Å². The molecule has 0 fully saturated rings. The maximum Gasteiger partial charge on any atom is 0.0702 e. The lowest BCUT2D eigenvalue weighted by Gasteiger charge is -2.33. The second-order valence-electron chi connectivity index (χ2n) is 11.4. The summed E-state index contributed by atoms with van der Waals surface area (Å²) in [7, 11) is 0. The van der Waals surface area contributed by atoms with E-state index in [0.29, 0.717) is 0 Å². The molecule has 214 valence electrons. The Morgan fingerprint density at radius 3 is 1.40 bits per heavy atom. The third kappa shape index (κ3) is 4.97. The van der Waals surface area contributed by atoms with E-state index in [1.165, 1.54) is 33.4 Å². The zero-order chi connectivity index (χ0) is 30.0. The summed E-state index contributed by atoms with van der Waals surface area (Å²) < 4.78 is 0. The zero-order valence-electron chi connectivity index (χ0n) is 24.9. The number of rotatable bonds is 7. The smallest absolute Gasteiger partial charge is 0.0702 e. The number of hydrogen-bond donors (Lipinski definition) is 0. The van der Waals surface area contributed by atoms with E-state index in [2.05, 4.69) is 192 Å². The Balaban J connectivity index is 1.30. The van der Waals surface area contributed by atoms with Gasteiger partial charge in [0.1, 0.15) is 0 Å². The maximum atomic E-state index is 2.38. The highest BCUT2D eigenvalue weighted by Crippen LogP contribution is 2.47. The lowest BCUT2D eigenvalue weighted by molar-refractivity contribution is 1.22. The van der Waals surface area contributed by atoms with Crippen LogP contribution in [0.5, 0.6) is 0 Å². The Hall–Kier alpha value is -5.86. The first-order valence-electron chi connectivity index (χ1n) is 15.5. The third-order valence-electron chi connectivity index (χ3n) is 8.67. The van der Waals surface area contributed by atoms with Crippen molar-refractivity contribution >= 4 is 34.1 Å². The molecule has 7 aromatic rings. The number of benzene rings is 7. The number of para-hydroxylation sites is 5. The summed E-state index contributed by atoms with van der Waals surface area (Å²) in [4.78, 5) is 4.73. The molecule has 0 unspecified atom stereocenters. The molecule has 2 nitrogen and oxygen atoms in total. The van der Waals surface area contributed by atoms with E-state index in [1.807, 2.05) is 0 Å². The molecule has 0 saturated heterocycles. The molecule has 0 atom stereocenters. The molecule has 0 heterocycles. The van der Waals surface area contributed by atoms with Gasteiger partial charge in [0.25, 0.3) is 0 Å². The van der Waals surface area contributed by atoms with Gasteiger partial charge in [-0.2, -0.15) is 0 Å². The van der Waals surface area contributed by atoms with Gasteiger partial charge < -0.3 is 9.80 Å². The molecular formula is C43H32N2. The Morgan fingerprint density at radius 2 is 0.778 bits per heavy atom. The van der Waals surface area contributed by atoms with Crippen LogP contribution >= 0.6 is 0 Å². The van der Waals surface area contributed by atoms with E-state index in [9.17, 15) is 0 Å². The Kier molecular flexibility index (Phi) is 6.94. The predicted molar refractivity (Wildman–Crippen MR) is 189 cm³/mol. The number of hydrogen-bond acceptors (Lipinski definition) is 2. The molecule has 0 N–H and O–H groups in total. The lowest BCUT2D eigenvalue weighted by Crippen LogP contribution is -2.16. The minimum Gasteiger partial charge on any atom is -0.308 e. The van der Waals surface area contributed by atoms with Crippen LogP contribution in [0.4, 0.5) is 34.1 Å². The van der Waals surface area contributed by atoms with E-state index in [1.54, 1.807) is 0 Å². The summed E-state index contributed by atoms with van der Waals surface area (Å²) >= 11 is 0. The summed E-state index contributed by atoms with van der Waals surface area (Å²) in [5.41, 5.74) is 14.6. The molecule has 0 radical (unpaired) electrons. The molecule has 0 aliphatic heterocycles. The van der Waals surface area contributed by atoms with E-state index >= 15 is 0 Å². The quantitative estimate of drug-likeness (QED) is 0.186. The van der Waals surface area contributed by atoms with Crippen molar-refractivity contribution in [1.82, 2.24) is 0 Å². The molecule has 1 aliphatic rings. The number of anilines is 6. The summed E-state index contributed by atoms with van der Waals surface area (Å²) in [5.74, 6) is 0. The van der Waals surface area contributed by atoms with Crippen LogP contribution in [0.3, 0.4) is 0 Å². The molecule has 7 aromatic carbocycles. The van der Waals surface area contributed by atoms with Gasteiger partial charge >= 0.3 is 0 Å². The minimum atomic E-state index is 0.959. The van der Waals surface area contributed by atoms with E-state index in [-0.39, 0.29) is 0 Å². The van der Waals surface area contributed by atoms with Gasteiger partial charge in [0.05, 0.1) is 11.4 Å². The van der Waals surface area contributed by atoms with Crippen molar-refractivity contribution < 1.29 is 0 Å². The normalized spacial score (nSPS) is 11.5. The molecule has 0 amide bonds. The van der Waals surface area contributed by atoms with Gasteiger partial charge in [-0.05, 0) is 100 Å². The first-order valence-corrected chi connectivity index (χ1v) is 15.5. The van der Waals surface area contributed by atoms with Gasteiger partial charge in [0.2, 0.25) is 0 Å². The first-order chi connectivity index (χ1) is 22.3. The van der Waals surface area contributed by atoms with Gasteiger partial charge in [-0.3, -0.25) is 0 Å². The topological polar surface area (TPSA) is 6.48 Å². The van der Waals surface area contributed by atoms with Crippen molar-refractivity contribution in [2.75, 3.05) is 9.80 Å². The minimum absolute atomic E-state index is 0.959. The van der Waals surface area contributed by atoms with Crippen LogP contribution in [0.1, 0.15) is 11.1 Å². The average molecular weight is 577 g/mol. The van der Waals surface area contributed by atoms with Crippen molar-refractivity contribution in [3.05, 3.63) is 193 Å². The number of nitrogens with zero attached hydrogens (tertiary/aromatic N) is 2. The predicted octanol–water partition coefficient (Wildman–Crippen LogP) is 11.9. The highest BCUT2D eigenvalue weighted by Gasteiger charge is 2.24. The summed E-state index contributed by atoms with van der Waals surface area (Å²) in [6, 6.07) is 65.2. The first kappa shape index (κ1) is 26.7. The van der Waals surface area contributed by atoms with Crippen LogP contribution in [0.25, 0.3) is 22.3 Å². The summed E-state index contributed by atoms with van der Waals surface area (Å²) in [6.45, 7) is 0. The molecule has 0 bridgehead atoms. The highest BCUT2D eigenvalue weighted by atomic mass is 15.2. The fraction of sp³-hybridized carbons (Fsp3) is 0.0233. The van der Waals surface area contributed by atoms with Gasteiger partial charge in [0.15, 0.2) is 0 Å². The Morgan fingerprint density at radius 1 is 0.333 bits per heavy atom. The summed E-state index contributed by atoms with van der Waals surface area (Å²) in [6.07, 6.45) is 0.959.